The summed E-state index contributed by atoms with van der Waals surface area (Å²) >= 11 is 0. The summed E-state index contributed by atoms with van der Waals surface area (Å²) in [5.41, 5.74) is 5.58. The summed E-state index contributed by atoms with van der Waals surface area (Å²) in [6.45, 7) is -1.14. The first-order valence-electron chi connectivity index (χ1n) is 6.55. The molecule has 0 aromatic heterocycles. The Bertz CT molecular complexity index is 313. The maximum absolute atomic E-state index is 12.1. The molecule has 0 radical (unpaired) electrons. The van der Waals surface area contributed by atoms with Gasteiger partial charge in [-0.2, -0.15) is 13.2 Å². The van der Waals surface area contributed by atoms with Crippen LogP contribution in [0.2, 0.25) is 0 Å². The summed E-state index contributed by atoms with van der Waals surface area (Å²) in [5, 5.41) is 2.73. The summed E-state index contributed by atoms with van der Waals surface area (Å²) in [6.07, 6.45) is -2.41. The number of rotatable bonds is 6. The lowest BCUT2D eigenvalue weighted by atomic mass is 9.92. The Balaban J connectivity index is 2.35. The van der Waals surface area contributed by atoms with Gasteiger partial charge in [0.1, 0.15) is 12.6 Å². The van der Waals surface area contributed by atoms with Crippen LogP contribution in [0.3, 0.4) is 0 Å². The second kappa shape index (κ2) is 7.80. The fourth-order valence-electron chi connectivity index (χ4n) is 2.20. The third kappa shape index (κ3) is 6.53. The molecule has 1 saturated carbocycles. The smallest absolute Gasteiger partial charge is 0.383 e. The molecule has 1 amide bonds. The number of nitrogens with two attached hydrogens (primary N) is 1. The highest BCUT2D eigenvalue weighted by molar-refractivity contribution is 5.81. The van der Waals surface area contributed by atoms with Crippen molar-refractivity contribution in [1.82, 2.24) is 5.32 Å². The van der Waals surface area contributed by atoms with Gasteiger partial charge >= 0.3 is 6.18 Å². The molecule has 1 rings (SSSR count). The maximum atomic E-state index is 12.1. The van der Waals surface area contributed by atoms with Crippen LogP contribution >= 0.6 is 0 Å². The number of alkyl halides is 3. The molecule has 0 spiro atoms. The molecule has 8 heteroatoms. The van der Waals surface area contributed by atoms with Crippen molar-refractivity contribution in [1.29, 1.82) is 0 Å². The average Bonchev–Trinajstić information content (AvgIpc) is 2.36. The van der Waals surface area contributed by atoms with Gasteiger partial charge in [-0.25, -0.2) is 0 Å². The first-order valence-corrected chi connectivity index (χ1v) is 6.55. The number of amides is 1. The summed E-state index contributed by atoms with van der Waals surface area (Å²) in [5.74, 6) is -0.353. The largest absolute Gasteiger partial charge is 0.411 e. The van der Waals surface area contributed by atoms with Gasteiger partial charge in [0.05, 0.1) is 12.7 Å². The minimum absolute atomic E-state index is 0.104. The molecule has 1 fully saturated rings. The minimum atomic E-state index is -4.32. The van der Waals surface area contributed by atoms with Crippen molar-refractivity contribution >= 4 is 5.91 Å². The van der Waals surface area contributed by atoms with Crippen molar-refractivity contribution in [3.05, 3.63) is 0 Å². The third-order valence-corrected chi connectivity index (χ3v) is 3.14. The van der Waals surface area contributed by atoms with E-state index in [0.717, 1.165) is 6.42 Å². The van der Waals surface area contributed by atoms with Crippen molar-refractivity contribution < 1.29 is 27.4 Å². The van der Waals surface area contributed by atoms with Gasteiger partial charge in [0, 0.05) is 13.2 Å². The van der Waals surface area contributed by atoms with Gasteiger partial charge in [-0.1, -0.05) is 0 Å². The van der Waals surface area contributed by atoms with Crippen LogP contribution in [0.5, 0.6) is 0 Å². The first-order chi connectivity index (χ1) is 9.31. The van der Waals surface area contributed by atoms with Crippen LogP contribution in [0.25, 0.3) is 0 Å². The SMILES string of the molecule is COCC(N)C(=O)NC1CCCC(OCC(F)(F)F)C1. The molecular formula is C12H21F3N2O3. The molecule has 3 atom stereocenters. The standard InChI is InChI=1S/C12H21F3N2O3/c1-19-6-10(16)11(18)17-8-3-2-4-9(5-8)20-7-12(13,14)15/h8-10H,2-7,16H2,1H3,(H,17,18). The van der Waals surface area contributed by atoms with Gasteiger partial charge in [-0.15, -0.1) is 0 Å². The van der Waals surface area contributed by atoms with Crippen LogP contribution in [-0.4, -0.2) is 50.6 Å². The number of ether oxygens (including phenoxy) is 2. The number of hydrogen-bond donors (Lipinski definition) is 2. The molecular weight excluding hydrogens is 277 g/mol. The molecule has 5 nitrogen and oxygen atoms in total. The molecule has 1 aliphatic carbocycles. The van der Waals surface area contributed by atoms with Gasteiger partial charge in [0.2, 0.25) is 5.91 Å². The lowest BCUT2D eigenvalue weighted by molar-refractivity contribution is -0.188. The van der Waals surface area contributed by atoms with Crippen LogP contribution < -0.4 is 11.1 Å². The normalized spacial score (nSPS) is 25.2. The predicted molar refractivity (Wildman–Crippen MR) is 66.0 cm³/mol. The first kappa shape index (κ1) is 17.2. The number of nitrogens with one attached hydrogen (secondary N) is 1. The minimum Gasteiger partial charge on any atom is -0.383 e. The summed E-state index contributed by atoms with van der Waals surface area (Å²) in [4.78, 5) is 11.7. The lowest BCUT2D eigenvalue weighted by Gasteiger charge is -2.30. The molecule has 20 heavy (non-hydrogen) atoms. The van der Waals surface area contributed by atoms with E-state index in [1.165, 1.54) is 7.11 Å². The Morgan fingerprint density at radius 1 is 1.45 bits per heavy atom. The van der Waals surface area contributed by atoms with Gasteiger partial charge in [-0.05, 0) is 25.7 Å². The molecule has 118 valence electrons. The van der Waals surface area contributed by atoms with E-state index in [0.29, 0.717) is 19.3 Å². The van der Waals surface area contributed by atoms with E-state index in [9.17, 15) is 18.0 Å². The summed E-state index contributed by atoms with van der Waals surface area (Å²) in [7, 11) is 1.44. The zero-order chi connectivity index (χ0) is 15.2. The number of methoxy groups -OCH3 is 1. The van der Waals surface area contributed by atoms with Crippen molar-refractivity contribution in [3.63, 3.8) is 0 Å². The lowest BCUT2D eigenvalue weighted by Crippen LogP contribution is -2.49. The average molecular weight is 298 g/mol. The summed E-state index contributed by atoms with van der Waals surface area (Å²) in [6, 6.07) is -0.964. The highest BCUT2D eigenvalue weighted by atomic mass is 19.4. The molecule has 0 saturated heterocycles. The quantitative estimate of drug-likeness (QED) is 0.766. The van der Waals surface area contributed by atoms with Crippen molar-refractivity contribution in [3.8, 4) is 0 Å². The molecule has 3 unspecified atom stereocenters. The van der Waals surface area contributed by atoms with E-state index in [-0.39, 0.29) is 18.6 Å². The highest BCUT2D eigenvalue weighted by Gasteiger charge is 2.31. The van der Waals surface area contributed by atoms with E-state index in [1.54, 1.807) is 0 Å². The molecule has 0 heterocycles. The molecule has 0 bridgehead atoms. The Kier molecular flexibility index (Phi) is 6.70. The monoisotopic (exact) mass is 298 g/mol. The predicted octanol–water partition coefficient (Wildman–Crippen LogP) is 0.966. The number of carbonyl (C=O) groups excluding carboxylic acids is 1. The zero-order valence-corrected chi connectivity index (χ0v) is 11.4. The number of hydrogen-bond acceptors (Lipinski definition) is 4. The van der Waals surface area contributed by atoms with Crippen molar-refractivity contribution in [2.45, 2.75) is 50.0 Å². The van der Waals surface area contributed by atoms with Crippen LogP contribution in [-0.2, 0) is 14.3 Å². The van der Waals surface area contributed by atoms with Gasteiger partial charge in [0.15, 0.2) is 0 Å². The molecule has 0 aliphatic heterocycles. The van der Waals surface area contributed by atoms with E-state index < -0.39 is 24.9 Å². The van der Waals surface area contributed by atoms with Crippen LogP contribution in [0.4, 0.5) is 13.2 Å². The van der Waals surface area contributed by atoms with Crippen LogP contribution in [0, 0.1) is 0 Å². The Morgan fingerprint density at radius 2 is 2.15 bits per heavy atom. The highest BCUT2D eigenvalue weighted by Crippen LogP contribution is 2.24. The Labute approximate surface area is 116 Å². The molecule has 0 aromatic rings. The van der Waals surface area contributed by atoms with Crippen molar-refractivity contribution in [2.24, 2.45) is 5.73 Å². The zero-order valence-electron chi connectivity index (χ0n) is 11.4. The number of halogens is 3. The van der Waals surface area contributed by atoms with E-state index in [2.05, 4.69) is 5.32 Å². The second-order valence-electron chi connectivity index (χ2n) is 4.98. The Hall–Kier alpha value is -0.860. The van der Waals surface area contributed by atoms with E-state index >= 15 is 0 Å². The fourth-order valence-corrected chi connectivity index (χ4v) is 2.20. The summed E-state index contributed by atoms with van der Waals surface area (Å²) < 4.78 is 45.9. The van der Waals surface area contributed by atoms with E-state index in [1.807, 2.05) is 0 Å². The van der Waals surface area contributed by atoms with Gasteiger partial charge in [-0.3, -0.25) is 4.79 Å². The van der Waals surface area contributed by atoms with Crippen molar-refractivity contribution in [2.75, 3.05) is 20.3 Å². The van der Waals surface area contributed by atoms with Gasteiger partial charge < -0.3 is 20.5 Å². The molecule has 3 N–H and O–H groups in total. The number of carbonyl (C=O) groups is 1. The maximum Gasteiger partial charge on any atom is 0.411 e. The fraction of sp³-hybridized carbons (Fsp3) is 0.917. The Morgan fingerprint density at radius 3 is 2.75 bits per heavy atom. The van der Waals surface area contributed by atoms with Crippen LogP contribution in [0.1, 0.15) is 25.7 Å². The molecule has 0 aromatic carbocycles. The third-order valence-electron chi connectivity index (χ3n) is 3.14. The van der Waals surface area contributed by atoms with Gasteiger partial charge in [0.25, 0.3) is 0 Å². The molecule has 1 aliphatic rings. The van der Waals surface area contributed by atoms with Crippen LogP contribution in [0.15, 0.2) is 0 Å². The topological polar surface area (TPSA) is 73.6 Å². The van der Waals surface area contributed by atoms with E-state index in [4.69, 9.17) is 15.2 Å². The second-order valence-corrected chi connectivity index (χ2v) is 4.98.